The summed E-state index contributed by atoms with van der Waals surface area (Å²) < 4.78 is 5.03. The number of rotatable bonds is 6. The topological polar surface area (TPSA) is 41.5 Å². The molecule has 84 valence electrons. The molecule has 0 amide bonds. The van der Waals surface area contributed by atoms with Crippen molar-refractivity contribution in [1.82, 2.24) is 5.32 Å². The zero-order valence-electron chi connectivity index (χ0n) is 9.36. The molecule has 0 aliphatic rings. The van der Waals surface area contributed by atoms with Crippen LogP contribution in [0.1, 0.15) is 12.5 Å². The van der Waals surface area contributed by atoms with E-state index in [2.05, 4.69) is 12.2 Å². The van der Waals surface area contributed by atoms with E-state index in [0.29, 0.717) is 11.8 Å². The van der Waals surface area contributed by atoms with Crippen molar-refractivity contribution >= 4 is 0 Å². The normalized spacial score (nSPS) is 12.7. The van der Waals surface area contributed by atoms with E-state index in [1.54, 1.807) is 19.2 Å². The zero-order valence-corrected chi connectivity index (χ0v) is 9.36. The molecule has 1 atom stereocenters. The third kappa shape index (κ3) is 4.81. The Balaban J connectivity index is 2.22. The van der Waals surface area contributed by atoms with E-state index >= 15 is 0 Å². The number of benzene rings is 1. The second-order valence-corrected chi connectivity index (χ2v) is 3.73. The van der Waals surface area contributed by atoms with Gasteiger partial charge in [0.2, 0.25) is 0 Å². The molecule has 0 saturated carbocycles. The molecule has 0 spiro atoms. The summed E-state index contributed by atoms with van der Waals surface area (Å²) in [6.45, 7) is 3.76. The second kappa shape index (κ2) is 6.43. The maximum atomic E-state index is 9.11. The van der Waals surface area contributed by atoms with Crippen LogP contribution in [-0.4, -0.2) is 31.4 Å². The van der Waals surface area contributed by atoms with Gasteiger partial charge in [0.15, 0.2) is 0 Å². The Morgan fingerprint density at radius 1 is 1.33 bits per heavy atom. The second-order valence-electron chi connectivity index (χ2n) is 3.73. The molecule has 15 heavy (non-hydrogen) atoms. The molecule has 0 fully saturated rings. The van der Waals surface area contributed by atoms with Crippen molar-refractivity contribution in [3.63, 3.8) is 0 Å². The van der Waals surface area contributed by atoms with Gasteiger partial charge < -0.3 is 15.2 Å². The van der Waals surface area contributed by atoms with Crippen molar-refractivity contribution in [3.05, 3.63) is 29.8 Å². The van der Waals surface area contributed by atoms with E-state index in [4.69, 9.17) is 9.84 Å². The predicted molar refractivity (Wildman–Crippen MR) is 61.2 cm³/mol. The molecule has 0 aliphatic heterocycles. The largest absolute Gasteiger partial charge is 0.508 e. The van der Waals surface area contributed by atoms with Gasteiger partial charge in [0.05, 0.1) is 6.61 Å². The van der Waals surface area contributed by atoms with Gasteiger partial charge in [0, 0.05) is 13.2 Å². The van der Waals surface area contributed by atoms with E-state index in [-0.39, 0.29) is 0 Å². The standard InChI is InChI=1S/C12H19NO2/c1-10(9-15-2)13-8-7-11-3-5-12(14)6-4-11/h3-6,10,13-14H,7-9H2,1-2H3. The minimum atomic E-state index is 0.319. The summed E-state index contributed by atoms with van der Waals surface area (Å²) in [6.07, 6.45) is 0.967. The van der Waals surface area contributed by atoms with Crippen molar-refractivity contribution in [2.45, 2.75) is 19.4 Å². The fourth-order valence-electron chi connectivity index (χ4n) is 1.43. The van der Waals surface area contributed by atoms with Crippen LogP contribution in [-0.2, 0) is 11.2 Å². The van der Waals surface area contributed by atoms with E-state index in [9.17, 15) is 0 Å². The Labute approximate surface area is 91.1 Å². The van der Waals surface area contributed by atoms with Gasteiger partial charge >= 0.3 is 0 Å². The summed E-state index contributed by atoms with van der Waals surface area (Å²) in [4.78, 5) is 0. The highest BCUT2D eigenvalue weighted by Gasteiger charge is 1.99. The van der Waals surface area contributed by atoms with Gasteiger partial charge in [-0.25, -0.2) is 0 Å². The lowest BCUT2D eigenvalue weighted by Gasteiger charge is -2.12. The third-order valence-electron chi connectivity index (χ3n) is 2.26. The number of hydrogen-bond acceptors (Lipinski definition) is 3. The third-order valence-corrected chi connectivity index (χ3v) is 2.26. The fourth-order valence-corrected chi connectivity index (χ4v) is 1.43. The van der Waals surface area contributed by atoms with E-state index in [0.717, 1.165) is 19.6 Å². The van der Waals surface area contributed by atoms with Crippen LogP contribution in [0.5, 0.6) is 5.75 Å². The fraction of sp³-hybridized carbons (Fsp3) is 0.500. The summed E-state index contributed by atoms with van der Waals surface area (Å²) in [5, 5.41) is 12.5. The highest BCUT2D eigenvalue weighted by Crippen LogP contribution is 2.09. The zero-order chi connectivity index (χ0) is 11.1. The van der Waals surface area contributed by atoms with E-state index < -0.39 is 0 Å². The van der Waals surface area contributed by atoms with Crippen molar-refractivity contribution in [2.24, 2.45) is 0 Å². The van der Waals surface area contributed by atoms with Crippen molar-refractivity contribution in [2.75, 3.05) is 20.3 Å². The monoisotopic (exact) mass is 209 g/mol. The summed E-state index contributed by atoms with van der Waals surface area (Å²) in [7, 11) is 1.71. The van der Waals surface area contributed by atoms with Gasteiger partial charge in [-0.1, -0.05) is 12.1 Å². The van der Waals surface area contributed by atoms with Crippen LogP contribution >= 0.6 is 0 Å². The Kier molecular flexibility index (Phi) is 5.15. The summed E-state index contributed by atoms with van der Waals surface area (Å²) in [5.41, 5.74) is 1.23. The predicted octanol–water partition coefficient (Wildman–Crippen LogP) is 1.56. The number of phenolic OH excluding ortho intramolecular Hbond substituents is 1. The van der Waals surface area contributed by atoms with Gasteiger partial charge in [-0.15, -0.1) is 0 Å². The maximum absolute atomic E-state index is 9.11. The van der Waals surface area contributed by atoms with E-state index in [1.807, 2.05) is 12.1 Å². The maximum Gasteiger partial charge on any atom is 0.115 e. The van der Waals surface area contributed by atoms with Gasteiger partial charge in [-0.3, -0.25) is 0 Å². The molecule has 1 unspecified atom stereocenters. The molecule has 1 aromatic carbocycles. The first kappa shape index (κ1) is 12.0. The van der Waals surface area contributed by atoms with Gasteiger partial charge in [-0.05, 0) is 37.6 Å². The minimum absolute atomic E-state index is 0.319. The Morgan fingerprint density at radius 2 is 2.00 bits per heavy atom. The average molecular weight is 209 g/mol. The lowest BCUT2D eigenvalue weighted by Crippen LogP contribution is -2.31. The number of methoxy groups -OCH3 is 1. The molecule has 2 N–H and O–H groups in total. The molecule has 3 nitrogen and oxygen atoms in total. The Hall–Kier alpha value is -1.06. The van der Waals surface area contributed by atoms with Crippen molar-refractivity contribution in [3.8, 4) is 5.75 Å². The lowest BCUT2D eigenvalue weighted by atomic mass is 10.1. The number of hydrogen-bond donors (Lipinski definition) is 2. The molecule has 0 aromatic heterocycles. The molecule has 1 aromatic rings. The lowest BCUT2D eigenvalue weighted by molar-refractivity contribution is 0.172. The summed E-state index contributed by atoms with van der Waals surface area (Å²) in [6, 6.07) is 7.70. The van der Waals surface area contributed by atoms with E-state index in [1.165, 1.54) is 5.56 Å². The number of aromatic hydroxyl groups is 1. The SMILES string of the molecule is COCC(C)NCCc1ccc(O)cc1. The van der Waals surface area contributed by atoms with Crippen molar-refractivity contribution < 1.29 is 9.84 Å². The molecule has 0 radical (unpaired) electrons. The minimum Gasteiger partial charge on any atom is -0.508 e. The number of ether oxygens (including phenoxy) is 1. The van der Waals surface area contributed by atoms with Gasteiger partial charge in [0.25, 0.3) is 0 Å². The van der Waals surface area contributed by atoms with Crippen LogP contribution in [0.15, 0.2) is 24.3 Å². The van der Waals surface area contributed by atoms with Crippen LogP contribution in [0, 0.1) is 0 Å². The highest BCUT2D eigenvalue weighted by molar-refractivity contribution is 5.25. The first-order valence-corrected chi connectivity index (χ1v) is 5.22. The molecule has 0 bridgehead atoms. The molecule has 1 rings (SSSR count). The highest BCUT2D eigenvalue weighted by atomic mass is 16.5. The molecular formula is C12H19NO2. The number of nitrogens with one attached hydrogen (secondary N) is 1. The molecule has 0 saturated heterocycles. The van der Waals surface area contributed by atoms with Crippen LogP contribution < -0.4 is 5.32 Å². The number of phenols is 1. The summed E-state index contributed by atoms with van der Waals surface area (Å²) >= 11 is 0. The summed E-state index contributed by atoms with van der Waals surface area (Å²) in [5.74, 6) is 0.319. The smallest absolute Gasteiger partial charge is 0.115 e. The average Bonchev–Trinajstić information content (AvgIpc) is 2.21. The first-order valence-electron chi connectivity index (χ1n) is 5.22. The van der Waals surface area contributed by atoms with Crippen LogP contribution in [0.25, 0.3) is 0 Å². The Morgan fingerprint density at radius 3 is 2.60 bits per heavy atom. The first-order chi connectivity index (χ1) is 7.22. The van der Waals surface area contributed by atoms with Gasteiger partial charge in [0.1, 0.15) is 5.75 Å². The molecule has 3 heteroatoms. The van der Waals surface area contributed by atoms with Crippen LogP contribution in [0.3, 0.4) is 0 Å². The molecular weight excluding hydrogens is 190 g/mol. The quantitative estimate of drug-likeness (QED) is 0.747. The Bertz CT molecular complexity index is 271. The molecule has 0 heterocycles. The van der Waals surface area contributed by atoms with Crippen molar-refractivity contribution in [1.29, 1.82) is 0 Å². The van der Waals surface area contributed by atoms with Crippen LogP contribution in [0.2, 0.25) is 0 Å². The van der Waals surface area contributed by atoms with Crippen LogP contribution in [0.4, 0.5) is 0 Å². The van der Waals surface area contributed by atoms with Gasteiger partial charge in [-0.2, -0.15) is 0 Å². The molecule has 0 aliphatic carbocycles.